The third-order valence-electron chi connectivity index (χ3n) is 6.74. The minimum absolute atomic E-state index is 0.716. The zero-order valence-corrected chi connectivity index (χ0v) is 22.0. The highest BCUT2D eigenvalue weighted by molar-refractivity contribution is 6.31. The zero-order valence-electron chi connectivity index (χ0n) is 20.5. The Labute approximate surface area is 226 Å². The Morgan fingerprint density at radius 3 is 2.11 bits per heavy atom. The van der Waals surface area contributed by atoms with Crippen molar-refractivity contribution in [3.63, 3.8) is 0 Å². The number of allylic oxidation sites excluding steroid dienone is 2. The molecule has 0 unspecified atom stereocenters. The van der Waals surface area contributed by atoms with Gasteiger partial charge in [-0.25, -0.2) is 4.57 Å². The smallest absolute Gasteiger partial charge is 0.287 e. The number of fused-ring (bicyclic) bond motifs is 2. The number of rotatable bonds is 4. The van der Waals surface area contributed by atoms with E-state index in [-0.39, 0.29) is 0 Å². The molecule has 0 saturated carbocycles. The Morgan fingerprint density at radius 1 is 0.730 bits per heavy atom. The van der Waals surface area contributed by atoms with Crippen LogP contribution in [0.25, 0.3) is 22.8 Å². The third kappa shape index (κ3) is 4.08. The Kier molecular flexibility index (Phi) is 5.99. The first-order chi connectivity index (χ1) is 18.0. The quantitative estimate of drug-likeness (QED) is 0.222. The van der Waals surface area contributed by atoms with Crippen LogP contribution in [0.15, 0.2) is 115 Å². The predicted molar refractivity (Wildman–Crippen MR) is 155 cm³/mol. The van der Waals surface area contributed by atoms with Gasteiger partial charge in [0.25, 0.3) is 5.82 Å². The summed E-state index contributed by atoms with van der Waals surface area (Å²) in [4.78, 5) is 4.42. The number of benzene rings is 4. The van der Waals surface area contributed by atoms with Crippen LogP contribution in [-0.2, 0) is 7.05 Å². The first kappa shape index (κ1) is 23.4. The number of hydrogen-bond donors (Lipinski definition) is 0. The summed E-state index contributed by atoms with van der Waals surface area (Å²) in [5.74, 6) is 2.07. The second-order valence-corrected chi connectivity index (χ2v) is 9.84. The molecule has 182 valence electrons. The monoisotopic (exact) mass is 523 g/mol. The van der Waals surface area contributed by atoms with Crippen LogP contribution in [0.5, 0.6) is 0 Å². The SMILES string of the molecule is CN1/C(=C/C=C/c2n(-c3ccccc3)c3ccc(Cl)cc3[n+]2C)N(c2ccccc2)c2ccc(Cl)cc21. The Morgan fingerprint density at radius 2 is 1.38 bits per heavy atom. The summed E-state index contributed by atoms with van der Waals surface area (Å²) in [6, 6.07) is 32.8. The van der Waals surface area contributed by atoms with Gasteiger partial charge in [0.15, 0.2) is 11.0 Å². The highest BCUT2D eigenvalue weighted by atomic mass is 35.5. The van der Waals surface area contributed by atoms with Gasteiger partial charge in [-0.1, -0.05) is 65.7 Å². The highest BCUT2D eigenvalue weighted by Gasteiger charge is 2.30. The largest absolute Gasteiger partial charge is 0.329 e. The molecule has 0 N–H and O–H groups in total. The van der Waals surface area contributed by atoms with E-state index in [2.05, 4.69) is 112 Å². The number of anilines is 3. The van der Waals surface area contributed by atoms with Crippen LogP contribution in [0.3, 0.4) is 0 Å². The number of nitrogens with zero attached hydrogens (tertiary/aromatic N) is 4. The lowest BCUT2D eigenvalue weighted by atomic mass is 10.2. The van der Waals surface area contributed by atoms with E-state index in [9.17, 15) is 0 Å². The van der Waals surface area contributed by atoms with Crippen LogP contribution in [0.4, 0.5) is 17.1 Å². The Hall–Kier alpha value is -3.99. The van der Waals surface area contributed by atoms with Crippen LogP contribution < -0.4 is 14.4 Å². The lowest BCUT2D eigenvalue weighted by Gasteiger charge is -2.22. The molecule has 6 rings (SSSR count). The van der Waals surface area contributed by atoms with Crippen LogP contribution >= 0.6 is 23.2 Å². The van der Waals surface area contributed by atoms with E-state index in [1.54, 1.807) is 0 Å². The molecule has 5 aromatic rings. The van der Waals surface area contributed by atoms with Gasteiger partial charge in [-0.15, -0.1) is 0 Å². The maximum Gasteiger partial charge on any atom is 0.287 e. The number of imidazole rings is 1. The average Bonchev–Trinajstić information content (AvgIpc) is 3.35. The average molecular weight is 524 g/mol. The molecule has 37 heavy (non-hydrogen) atoms. The van der Waals surface area contributed by atoms with Crippen molar-refractivity contribution < 1.29 is 4.57 Å². The third-order valence-corrected chi connectivity index (χ3v) is 7.21. The van der Waals surface area contributed by atoms with Crippen molar-refractivity contribution in [1.29, 1.82) is 0 Å². The lowest BCUT2D eigenvalue weighted by Crippen LogP contribution is -2.30. The fraction of sp³-hybridized carbons (Fsp3) is 0.0645. The van der Waals surface area contributed by atoms with Crippen molar-refractivity contribution in [1.82, 2.24) is 4.57 Å². The van der Waals surface area contributed by atoms with Crippen molar-refractivity contribution in [2.75, 3.05) is 16.8 Å². The second-order valence-electron chi connectivity index (χ2n) is 8.97. The Balaban J connectivity index is 1.48. The molecule has 1 aliphatic rings. The highest BCUT2D eigenvalue weighted by Crippen LogP contribution is 2.46. The van der Waals surface area contributed by atoms with E-state index in [1.807, 2.05) is 36.4 Å². The predicted octanol–water partition coefficient (Wildman–Crippen LogP) is 7.90. The molecule has 0 radical (unpaired) electrons. The summed E-state index contributed by atoms with van der Waals surface area (Å²) in [6.07, 6.45) is 6.38. The van der Waals surface area contributed by atoms with Crippen LogP contribution in [0.2, 0.25) is 10.0 Å². The molecular formula is C31H25Cl2N4+. The summed E-state index contributed by atoms with van der Waals surface area (Å²) in [7, 11) is 4.14. The lowest BCUT2D eigenvalue weighted by molar-refractivity contribution is -0.647. The normalized spacial score (nSPS) is 14.3. The number of para-hydroxylation sites is 2. The summed E-state index contributed by atoms with van der Waals surface area (Å²) < 4.78 is 4.42. The van der Waals surface area contributed by atoms with Gasteiger partial charge >= 0.3 is 0 Å². The van der Waals surface area contributed by atoms with Crippen molar-refractivity contribution in [3.05, 3.63) is 131 Å². The number of aromatic nitrogens is 2. The van der Waals surface area contributed by atoms with Gasteiger partial charge in [-0.05, 0) is 60.7 Å². The number of halogens is 2. The molecular weight excluding hydrogens is 499 g/mol. The first-order valence-corrected chi connectivity index (χ1v) is 12.8. The van der Waals surface area contributed by atoms with E-state index in [1.165, 1.54) is 0 Å². The number of hydrogen-bond acceptors (Lipinski definition) is 2. The molecule has 2 heterocycles. The molecule has 0 amide bonds. The van der Waals surface area contributed by atoms with Gasteiger partial charge in [0.05, 0.1) is 18.4 Å². The summed E-state index contributed by atoms with van der Waals surface area (Å²) in [5, 5.41) is 1.43. The van der Waals surface area contributed by atoms with Gasteiger partial charge in [0.2, 0.25) is 0 Å². The fourth-order valence-corrected chi connectivity index (χ4v) is 5.32. The maximum absolute atomic E-state index is 6.36. The van der Waals surface area contributed by atoms with Gasteiger partial charge < -0.3 is 4.90 Å². The fourth-order valence-electron chi connectivity index (χ4n) is 4.99. The van der Waals surface area contributed by atoms with Gasteiger partial charge in [-0.3, -0.25) is 4.90 Å². The van der Waals surface area contributed by atoms with Gasteiger partial charge in [-0.2, -0.15) is 4.57 Å². The summed E-state index contributed by atoms with van der Waals surface area (Å²) in [5.41, 5.74) is 6.50. The van der Waals surface area contributed by atoms with Crippen molar-refractivity contribution >= 4 is 57.4 Å². The minimum atomic E-state index is 0.716. The molecule has 0 atom stereocenters. The maximum atomic E-state index is 6.36. The van der Waals surface area contributed by atoms with Gasteiger partial charge in [0, 0.05) is 34.9 Å². The summed E-state index contributed by atoms with van der Waals surface area (Å²) >= 11 is 12.7. The van der Waals surface area contributed by atoms with Crippen LogP contribution in [-0.4, -0.2) is 11.6 Å². The van der Waals surface area contributed by atoms with E-state index in [0.717, 1.165) is 45.4 Å². The van der Waals surface area contributed by atoms with Crippen molar-refractivity contribution in [3.8, 4) is 5.69 Å². The zero-order chi connectivity index (χ0) is 25.5. The molecule has 4 aromatic carbocycles. The second kappa shape index (κ2) is 9.47. The van der Waals surface area contributed by atoms with Crippen LogP contribution in [0.1, 0.15) is 5.82 Å². The molecule has 0 aliphatic carbocycles. The molecule has 4 nitrogen and oxygen atoms in total. The first-order valence-electron chi connectivity index (χ1n) is 12.0. The van der Waals surface area contributed by atoms with Crippen molar-refractivity contribution in [2.45, 2.75) is 0 Å². The minimum Gasteiger partial charge on any atom is -0.329 e. The van der Waals surface area contributed by atoms with E-state index in [4.69, 9.17) is 23.2 Å². The van der Waals surface area contributed by atoms with E-state index < -0.39 is 0 Å². The number of aryl methyl sites for hydroxylation is 1. The Bertz CT molecular complexity index is 1670. The molecule has 6 heteroatoms. The van der Waals surface area contributed by atoms with Gasteiger partial charge in [0.1, 0.15) is 11.5 Å². The molecule has 1 aromatic heterocycles. The van der Waals surface area contributed by atoms with E-state index >= 15 is 0 Å². The molecule has 0 fully saturated rings. The molecule has 0 spiro atoms. The molecule has 1 aliphatic heterocycles. The topological polar surface area (TPSA) is 15.3 Å². The van der Waals surface area contributed by atoms with E-state index in [0.29, 0.717) is 10.0 Å². The summed E-state index contributed by atoms with van der Waals surface area (Å²) in [6.45, 7) is 0. The van der Waals surface area contributed by atoms with Crippen LogP contribution in [0, 0.1) is 0 Å². The molecule has 0 bridgehead atoms. The van der Waals surface area contributed by atoms with Crippen molar-refractivity contribution in [2.24, 2.45) is 7.05 Å². The standard InChI is InChI=1S/C31H25Cl2N4/c1-34-28-20-22(32)16-18-26(28)36(24-10-5-3-6-11-24)30(34)14-9-15-31-35(2)29-21-23(33)17-19-27(29)37(31)25-12-7-4-8-13-25/h3-21H,1-2H3/q+1. The molecule has 0 saturated heterocycles.